The minimum Gasteiger partial charge on any atom is -0.276 e. The molecule has 8 heteroatoms. The second kappa shape index (κ2) is 7.79. The first-order chi connectivity index (χ1) is 9.73. The fourth-order valence-electron chi connectivity index (χ4n) is 1.68. The van der Waals surface area contributed by atoms with Crippen LogP contribution in [-0.4, -0.2) is 31.0 Å². The number of hydrogen-bond donors (Lipinski definition) is 1. The third-order valence-corrected chi connectivity index (χ3v) is 11.2. The van der Waals surface area contributed by atoms with Gasteiger partial charge in [0, 0.05) is 11.8 Å². The monoisotopic (exact) mass is 350 g/mol. The molecule has 1 aromatic carbocycles. The van der Waals surface area contributed by atoms with Gasteiger partial charge in [0.1, 0.15) is 0 Å². The standard InChI is InChI=1S/C13H23N2O3PS2/c1-5-12(2)20-19(16,14-3)15(21(4,17)18)11-13-9-7-6-8-10-13/h6-10,12H,5,11H2,1-4H3,(H,14,16). The molecule has 21 heavy (non-hydrogen) atoms. The lowest BCUT2D eigenvalue weighted by molar-refractivity contribution is 0.501. The highest BCUT2D eigenvalue weighted by Crippen LogP contribution is 2.61. The third-order valence-electron chi connectivity index (χ3n) is 3.02. The van der Waals surface area contributed by atoms with Crippen molar-refractivity contribution >= 4 is 28.1 Å². The molecule has 1 N–H and O–H groups in total. The Labute approximate surface area is 131 Å². The molecule has 0 aromatic heterocycles. The number of nitrogens with zero attached hydrogens (tertiary/aromatic N) is 1. The van der Waals surface area contributed by atoms with Gasteiger partial charge in [-0.15, -0.1) is 4.08 Å². The van der Waals surface area contributed by atoms with Gasteiger partial charge in [-0.2, -0.15) is 0 Å². The van der Waals surface area contributed by atoms with Gasteiger partial charge in [0.15, 0.2) is 0 Å². The van der Waals surface area contributed by atoms with E-state index in [1.165, 1.54) is 11.4 Å². The minimum absolute atomic E-state index is 0.0984. The summed E-state index contributed by atoms with van der Waals surface area (Å²) in [5.74, 6) is 0. The SMILES string of the molecule is CCC(C)SP(=O)(NC)N(Cc1ccccc1)S(C)(=O)=O. The van der Waals surface area contributed by atoms with Crippen molar-refractivity contribution in [3.05, 3.63) is 35.9 Å². The summed E-state index contributed by atoms with van der Waals surface area (Å²) in [6, 6.07) is 9.18. The molecule has 1 aromatic rings. The van der Waals surface area contributed by atoms with Crippen molar-refractivity contribution < 1.29 is 13.0 Å². The lowest BCUT2D eigenvalue weighted by atomic mass is 10.2. The molecular formula is C13H23N2O3PS2. The van der Waals surface area contributed by atoms with Gasteiger partial charge >= 0.3 is 0 Å². The zero-order valence-corrected chi connectivity index (χ0v) is 15.3. The van der Waals surface area contributed by atoms with Crippen molar-refractivity contribution in [2.45, 2.75) is 32.1 Å². The van der Waals surface area contributed by atoms with Gasteiger partial charge in [-0.1, -0.05) is 55.6 Å². The highest BCUT2D eigenvalue weighted by atomic mass is 32.7. The maximum atomic E-state index is 13.1. The quantitative estimate of drug-likeness (QED) is 0.729. The Hall–Kier alpha value is -0.330. The topological polar surface area (TPSA) is 66.5 Å². The Balaban J connectivity index is 3.14. The van der Waals surface area contributed by atoms with Crippen LogP contribution in [0, 0.1) is 0 Å². The summed E-state index contributed by atoms with van der Waals surface area (Å²) < 4.78 is 38.4. The van der Waals surface area contributed by atoms with E-state index in [0.717, 1.165) is 22.3 Å². The van der Waals surface area contributed by atoms with Gasteiger partial charge in [0.25, 0.3) is 6.65 Å². The van der Waals surface area contributed by atoms with Crippen molar-refractivity contribution in [2.24, 2.45) is 0 Å². The molecule has 0 aliphatic rings. The summed E-state index contributed by atoms with van der Waals surface area (Å²) >= 11 is 1.19. The fourth-order valence-corrected chi connectivity index (χ4v) is 9.44. The van der Waals surface area contributed by atoms with Crippen molar-refractivity contribution in [3.63, 3.8) is 0 Å². The molecule has 120 valence electrons. The Bertz CT molecular complexity index is 593. The van der Waals surface area contributed by atoms with Crippen LogP contribution in [0.2, 0.25) is 0 Å². The van der Waals surface area contributed by atoms with E-state index in [-0.39, 0.29) is 11.8 Å². The normalized spacial score (nSPS) is 16.6. The van der Waals surface area contributed by atoms with Gasteiger partial charge in [0.2, 0.25) is 10.0 Å². The second-order valence-electron chi connectivity index (χ2n) is 4.80. The summed E-state index contributed by atoms with van der Waals surface area (Å²) in [6.07, 6.45) is 1.91. The molecule has 0 bridgehead atoms. The number of rotatable bonds is 8. The lowest BCUT2D eigenvalue weighted by Crippen LogP contribution is -2.30. The van der Waals surface area contributed by atoms with E-state index in [0.29, 0.717) is 0 Å². The molecule has 0 fully saturated rings. The van der Waals surface area contributed by atoms with Crippen LogP contribution in [0.5, 0.6) is 0 Å². The van der Waals surface area contributed by atoms with Crippen LogP contribution in [-0.2, 0) is 21.1 Å². The van der Waals surface area contributed by atoms with Crippen LogP contribution in [0.25, 0.3) is 0 Å². The van der Waals surface area contributed by atoms with Gasteiger partial charge in [-0.3, -0.25) is 4.57 Å². The molecule has 2 unspecified atom stereocenters. The zero-order chi connectivity index (χ0) is 16.1. The number of sulfonamides is 1. The van der Waals surface area contributed by atoms with Crippen LogP contribution in [0.4, 0.5) is 0 Å². The van der Waals surface area contributed by atoms with E-state index in [1.807, 2.05) is 44.2 Å². The summed E-state index contributed by atoms with van der Waals surface area (Å²) in [6.45, 7) is 0.768. The molecule has 0 radical (unpaired) electrons. The smallest absolute Gasteiger partial charge is 0.276 e. The van der Waals surface area contributed by atoms with E-state index >= 15 is 0 Å². The summed E-state index contributed by atoms with van der Waals surface area (Å²) in [4.78, 5) is 0. The maximum absolute atomic E-state index is 13.1. The first kappa shape index (κ1) is 18.7. The van der Waals surface area contributed by atoms with Crippen LogP contribution in [0.3, 0.4) is 0 Å². The predicted octanol–water partition coefficient (Wildman–Crippen LogP) is 3.31. The van der Waals surface area contributed by atoms with E-state index in [2.05, 4.69) is 5.09 Å². The zero-order valence-electron chi connectivity index (χ0n) is 12.8. The molecule has 0 amide bonds. The third kappa shape index (κ3) is 5.42. The van der Waals surface area contributed by atoms with E-state index in [4.69, 9.17) is 0 Å². The first-order valence-corrected chi connectivity index (χ1v) is 11.7. The number of benzene rings is 1. The van der Waals surface area contributed by atoms with Crippen LogP contribution < -0.4 is 5.09 Å². The number of hydrogen-bond acceptors (Lipinski definition) is 4. The van der Waals surface area contributed by atoms with E-state index in [9.17, 15) is 13.0 Å². The summed E-state index contributed by atoms with van der Waals surface area (Å²) in [7, 11) is -2.06. The largest absolute Gasteiger partial charge is 0.282 e. The molecule has 5 nitrogen and oxygen atoms in total. The van der Waals surface area contributed by atoms with E-state index in [1.54, 1.807) is 7.05 Å². The predicted molar refractivity (Wildman–Crippen MR) is 90.8 cm³/mol. The van der Waals surface area contributed by atoms with E-state index < -0.39 is 16.7 Å². The van der Waals surface area contributed by atoms with Gasteiger partial charge in [-0.25, -0.2) is 13.5 Å². The minimum atomic E-state index is -3.60. The van der Waals surface area contributed by atoms with Gasteiger partial charge < -0.3 is 0 Å². The molecular weight excluding hydrogens is 327 g/mol. The molecule has 0 aliphatic heterocycles. The molecule has 0 saturated heterocycles. The van der Waals surface area contributed by atoms with Crippen molar-refractivity contribution in [1.82, 2.24) is 9.16 Å². The molecule has 2 atom stereocenters. The fraction of sp³-hybridized carbons (Fsp3) is 0.538. The Morgan fingerprint density at radius 2 is 1.90 bits per heavy atom. The molecule has 1 rings (SSSR count). The first-order valence-electron chi connectivity index (χ1n) is 6.72. The van der Waals surface area contributed by atoms with Crippen LogP contribution in [0.1, 0.15) is 25.8 Å². The maximum Gasteiger partial charge on any atom is 0.282 e. The molecule has 0 heterocycles. The van der Waals surface area contributed by atoms with Crippen molar-refractivity contribution in [3.8, 4) is 0 Å². The molecule has 0 saturated carbocycles. The van der Waals surface area contributed by atoms with Gasteiger partial charge in [0.05, 0.1) is 6.26 Å². The average molecular weight is 350 g/mol. The summed E-state index contributed by atoms with van der Waals surface area (Å²) in [5.41, 5.74) is 0.808. The molecule has 0 aliphatic carbocycles. The summed E-state index contributed by atoms with van der Waals surface area (Å²) in [5, 5.41) is 2.84. The Kier molecular flexibility index (Phi) is 6.94. The van der Waals surface area contributed by atoms with Crippen LogP contribution >= 0.6 is 18.0 Å². The Morgan fingerprint density at radius 3 is 2.33 bits per heavy atom. The number of nitrogens with one attached hydrogen (secondary N) is 1. The molecule has 0 spiro atoms. The van der Waals surface area contributed by atoms with Gasteiger partial charge in [-0.05, 0) is 19.0 Å². The van der Waals surface area contributed by atoms with Crippen molar-refractivity contribution in [2.75, 3.05) is 13.3 Å². The average Bonchev–Trinajstić information content (AvgIpc) is 2.44. The van der Waals surface area contributed by atoms with Crippen molar-refractivity contribution in [1.29, 1.82) is 0 Å². The highest BCUT2D eigenvalue weighted by molar-refractivity contribution is 8.58. The Morgan fingerprint density at radius 1 is 1.33 bits per heavy atom. The lowest BCUT2D eigenvalue weighted by Gasteiger charge is -2.30. The second-order valence-corrected chi connectivity index (χ2v) is 12.1. The highest BCUT2D eigenvalue weighted by Gasteiger charge is 2.37. The van der Waals surface area contributed by atoms with Crippen LogP contribution in [0.15, 0.2) is 30.3 Å².